The molecule has 168 valence electrons. The van der Waals surface area contributed by atoms with E-state index in [4.69, 9.17) is 0 Å². The van der Waals surface area contributed by atoms with Crippen molar-refractivity contribution in [3.05, 3.63) is 79.9 Å². The second-order valence-corrected chi connectivity index (χ2v) is 28.9. The summed E-state index contributed by atoms with van der Waals surface area (Å²) in [6.45, 7) is 24.3. The summed E-state index contributed by atoms with van der Waals surface area (Å²) in [7, 11) is 0. The Labute approximate surface area is 204 Å². The van der Waals surface area contributed by atoms with Gasteiger partial charge in [-0.05, 0) is 0 Å². The molecular weight excluding hydrogens is 480 g/mol. The molecule has 2 aromatic rings. The molecule has 0 aromatic heterocycles. The summed E-state index contributed by atoms with van der Waals surface area (Å²) in [4.78, 5) is 0. The van der Waals surface area contributed by atoms with Crippen molar-refractivity contribution < 1.29 is 20.4 Å². The van der Waals surface area contributed by atoms with Crippen LogP contribution < -0.4 is 0 Å². The van der Waals surface area contributed by atoms with Crippen molar-refractivity contribution in [3.8, 4) is 0 Å². The normalized spacial score (nSPS) is 19.2. The molecule has 0 saturated carbocycles. The van der Waals surface area contributed by atoms with Crippen molar-refractivity contribution in [1.29, 1.82) is 0 Å². The molecule has 0 spiro atoms. The van der Waals surface area contributed by atoms with Crippen LogP contribution in [0.3, 0.4) is 0 Å². The Bertz CT molecular complexity index is 1100. The number of hydrogen-bond donors (Lipinski definition) is 0. The average Bonchev–Trinajstić information content (AvgIpc) is 3.21. The van der Waals surface area contributed by atoms with Crippen molar-refractivity contribution >= 4 is 17.6 Å². The van der Waals surface area contributed by atoms with Crippen LogP contribution in [0, 0.1) is 13.8 Å². The van der Waals surface area contributed by atoms with Crippen molar-refractivity contribution in [1.82, 2.24) is 0 Å². The van der Waals surface area contributed by atoms with Crippen LogP contribution in [0.2, 0.25) is 13.1 Å². The molecule has 4 rings (SSSR count). The van der Waals surface area contributed by atoms with E-state index >= 15 is 0 Å². The summed E-state index contributed by atoms with van der Waals surface area (Å²) in [5, 5.41) is 0. The predicted molar refractivity (Wildman–Crippen MR) is 141 cm³/mol. The zero-order valence-corrected chi connectivity index (χ0v) is 25.2. The summed E-state index contributed by atoms with van der Waals surface area (Å²) < 4.78 is 1.47. The maximum atomic E-state index is 2.64. The Morgan fingerprint density at radius 1 is 0.656 bits per heavy atom. The van der Waals surface area contributed by atoms with E-state index in [9.17, 15) is 0 Å². The number of allylic oxidation sites excluding steroid dienone is 2. The van der Waals surface area contributed by atoms with Crippen molar-refractivity contribution in [2.24, 2.45) is 0 Å². The summed E-state index contributed by atoms with van der Waals surface area (Å²) in [6.07, 6.45) is 5.17. The number of benzene rings is 2. The zero-order valence-electron chi connectivity index (χ0n) is 21.8. The fourth-order valence-electron chi connectivity index (χ4n) is 6.24. The van der Waals surface area contributed by atoms with Gasteiger partial charge in [-0.15, -0.1) is 0 Å². The second kappa shape index (κ2) is 8.99. The first-order valence-corrected chi connectivity index (χ1v) is 21.4. The van der Waals surface area contributed by atoms with E-state index in [-0.39, 0.29) is 5.43 Å². The molecule has 2 heteroatoms. The molecule has 0 saturated heterocycles. The molecule has 0 N–H and O–H groups in total. The van der Waals surface area contributed by atoms with Crippen molar-refractivity contribution in [2.45, 2.75) is 87.6 Å². The maximum absolute atomic E-state index is 2.64. The van der Waals surface area contributed by atoms with Crippen LogP contribution in [0.25, 0.3) is 12.2 Å². The Morgan fingerprint density at radius 2 is 1.03 bits per heavy atom. The van der Waals surface area contributed by atoms with Gasteiger partial charge < -0.3 is 0 Å². The predicted octanol–water partition coefficient (Wildman–Crippen LogP) is 9.04. The molecule has 0 heterocycles. The summed E-state index contributed by atoms with van der Waals surface area (Å²) in [5.74, 6) is 1.16. The third kappa shape index (κ3) is 3.84. The SMILES string of the molecule is CC1=Cc2c(C(C)C)ccc(C)c2[CH]1[Zr]([CH]1C(C)=Cc2c(C(C)C)ccc(C)c21)=[Si](C)C. The molecule has 2 unspecified atom stereocenters. The molecule has 2 aliphatic carbocycles. The number of rotatable bonds is 4. The van der Waals surface area contributed by atoms with Crippen molar-refractivity contribution in [3.63, 3.8) is 0 Å². The van der Waals surface area contributed by atoms with Gasteiger partial charge in [-0.2, -0.15) is 0 Å². The molecule has 2 atom stereocenters. The summed E-state index contributed by atoms with van der Waals surface area (Å²) in [5.41, 5.74) is 15.7. The van der Waals surface area contributed by atoms with Gasteiger partial charge >= 0.3 is 205 Å². The molecule has 2 aromatic carbocycles. The molecule has 32 heavy (non-hydrogen) atoms. The van der Waals surface area contributed by atoms with Gasteiger partial charge in [0, 0.05) is 0 Å². The molecule has 0 bridgehead atoms. The molecule has 0 nitrogen and oxygen atoms in total. The summed E-state index contributed by atoms with van der Waals surface area (Å²) >= 11 is -1.97. The fraction of sp³-hybridized carbons (Fsp3) is 0.467. The van der Waals surface area contributed by atoms with Crippen LogP contribution in [0.5, 0.6) is 0 Å². The van der Waals surface area contributed by atoms with Gasteiger partial charge in [0.25, 0.3) is 0 Å². The van der Waals surface area contributed by atoms with Crippen molar-refractivity contribution in [2.75, 3.05) is 0 Å². The van der Waals surface area contributed by atoms with Gasteiger partial charge in [0.15, 0.2) is 0 Å². The third-order valence-electron chi connectivity index (χ3n) is 7.75. The van der Waals surface area contributed by atoms with E-state index < -0.39 is 20.4 Å². The first-order valence-electron chi connectivity index (χ1n) is 12.3. The molecule has 0 aliphatic heterocycles. The van der Waals surface area contributed by atoms with E-state index in [2.05, 4.69) is 105 Å². The Kier molecular flexibility index (Phi) is 6.79. The van der Waals surface area contributed by atoms with Gasteiger partial charge in [-0.25, -0.2) is 0 Å². The fourth-order valence-corrected chi connectivity index (χ4v) is 27.4. The first-order chi connectivity index (χ1) is 15.0. The van der Waals surface area contributed by atoms with Crippen LogP contribution in [-0.4, -0.2) is 5.43 Å². The average molecular weight is 520 g/mol. The van der Waals surface area contributed by atoms with Gasteiger partial charge in [0.1, 0.15) is 0 Å². The van der Waals surface area contributed by atoms with Crippen LogP contribution in [0.4, 0.5) is 0 Å². The van der Waals surface area contributed by atoms with Gasteiger partial charge in [0.05, 0.1) is 0 Å². The van der Waals surface area contributed by atoms with Crippen LogP contribution in [0.15, 0.2) is 35.4 Å². The Balaban J connectivity index is 1.96. The van der Waals surface area contributed by atoms with Crippen LogP contribution in [-0.2, 0) is 20.4 Å². The van der Waals surface area contributed by atoms with Gasteiger partial charge in [-0.1, -0.05) is 0 Å². The second-order valence-electron chi connectivity index (χ2n) is 11.0. The molecule has 2 aliphatic rings. The Morgan fingerprint density at radius 3 is 1.34 bits per heavy atom. The first kappa shape index (κ1) is 24.2. The van der Waals surface area contributed by atoms with E-state index in [0.717, 1.165) is 7.25 Å². The minimum absolute atomic E-state index is 0.370. The number of aryl methyl sites for hydroxylation is 2. The molecule has 0 fully saturated rings. The number of hydrogen-bond acceptors (Lipinski definition) is 0. The van der Waals surface area contributed by atoms with Crippen LogP contribution >= 0.6 is 0 Å². The molecule has 0 radical (unpaired) electrons. The standard InChI is InChI=1S/2C14H17.C2H6Si.Zr/c2*1-9(2)12-6-5-11(4)13-7-10(3)8-14(12)13;1-3-2;/h2*5-9H,1-4H3;1-2H3;. The van der Waals surface area contributed by atoms with E-state index in [1.165, 1.54) is 11.1 Å². The van der Waals surface area contributed by atoms with Crippen LogP contribution in [0.1, 0.15) is 105 Å². The zero-order chi connectivity index (χ0) is 23.5. The monoisotopic (exact) mass is 518 g/mol. The topological polar surface area (TPSA) is 0 Å². The van der Waals surface area contributed by atoms with E-state index in [0.29, 0.717) is 11.8 Å². The number of fused-ring (bicyclic) bond motifs is 2. The summed E-state index contributed by atoms with van der Waals surface area (Å²) in [6, 6.07) is 9.62. The minimum atomic E-state index is -1.97. The van der Waals surface area contributed by atoms with E-state index in [1.807, 2.05) is 0 Å². The molecule has 0 amide bonds. The molecular formula is C30H40SiZr. The van der Waals surface area contributed by atoms with E-state index in [1.54, 1.807) is 44.5 Å². The Hall–Kier alpha value is -0.980. The van der Waals surface area contributed by atoms with Gasteiger partial charge in [-0.3, -0.25) is 0 Å². The van der Waals surface area contributed by atoms with Gasteiger partial charge in [0.2, 0.25) is 0 Å². The third-order valence-corrected chi connectivity index (χ3v) is 27.6. The quantitative estimate of drug-likeness (QED) is 0.353.